The summed E-state index contributed by atoms with van der Waals surface area (Å²) in [6.07, 6.45) is 1.29. The number of sulfonamides is 1. The van der Waals surface area contributed by atoms with Gasteiger partial charge in [0.25, 0.3) is 15.9 Å². The molecule has 1 aliphatic heterocycles. The average molecular weight is 481 g/mol. The van der Waals surface area contributed by atoms with E-state index in [1.807, 2.05) is 0 Å². The minimum atomic E-state index is -4.61. The Labute approximate surface area is 187 Å². The van der Waals surface area contributed by atoms with Gasteiger partial charge in [0.05, 0.1) is 22.6 Å². The van der Waals surface area contributed by atoms with Crippen molar-refractivity contribution in [3.63, 3.8) is 0 Å². The molecule has 2 amide bonds. The van der Waals surface area contributed by atoms with E-state index in [2.05, 4.69) is 5.32 Å². The quantitative estimate of drug-likeness (QED) is 0.544. The number of halogens is 1. The number of carboxylic acid groups (broad SMARTS) is 1. The van der Waals surface area contributed by atoms with E-state index < -0.39 is 44.8 Å². The number of benzene rings is 2. The number of carboxylic acids is 1. The Morgan fingerprint density at radius 1 is 1.22 bits per heavy atom. The van der Waals surface area contributed by atoms with Gasteiger partial charge >= 0.3 is 5.97 Å². The molecule has 1 saturated heterocycles. The maximum absolute atomic E-state index is 13.2. The molecule has 0 bridgehead atoms. The lowest BCUT2D eigenvalue weighted by atomic mass is 10.1. The highest BCUT2D eigenvalue weighted by Gasteiger charge is 2.36. The maximum atomic E-state index is 13.2. The number of amides is 2. The molecule has 10 nitrogen and oxygen atoms in total. The third-order valence-corrected chi connectivity index (χ3v) is 6.62. The summed E-state index contributed by atoms with van der Waals surface area (Å²) in [4.78, 5) is 36.1. The predicted molar refractivity (Wildman–Crippen MR) is 113 cm³/mol. The summed E-state index contributed by atoms with van der Waals surface area (Å²) in [5, 5.41) is 21.2. The van der Waals surface area contributed by atoms with E-state index in [4.69, 9.17) is 16.3 Å². The van der Waals surface area contributed by atoms with E-state index in [-0.39, 0.29) is 28.5 Å². The van der Waals surface area contributed by atoms with Gasteiger partial charge in [-0.25, -0.2) is 17.5 Å². The van der Waals surface area contributed by atoms with Crippen molar-refractivity contribution in [3.8, 4) is 11.5 Å². The van der Waals surface area contributed by atoms with Crippen LogP contribution in [0.4, 0.5) is 0 Å². The maximum Gasteiger partial charge on any atom is 0.337 e. The Morgan fingerprint density at radius 3 is 2.59 bits per heavy atom. The first-order chi connectivity index (χ1) is 15.0. The zero-order valence-corrected chi connectivity index (χ0v) is 18.1. The number of carbonyl (C=O) groups excluding carboxylic acids is 2. The van der Waals surface area contributed by atoms with Crippen LogP contribution in [0.1, 0.15) is 15.9 Å². The summed E-state index contributed by atoms with van der Waals surface area (Å²) >= 11 is 5.80. The standard InChI is InChI=1S/C20H17ClN2O8S/c1-31-17-5-2-13(24)7-11(17)6-12-9-22-18(25)10-23(19(12)26)32(29,30)14-3-4-16(21)15(8-14)20(27)28/h2-8,24H,9-10H2,1H3,(H,22,25)(H,27,28). The number of methoxy groups -OCH3 is 1. The fourth-order valence-corrected chi connectivity index (χ4v) is 4.56. The predicted octanol–water partition coefficient (Wildman–Crippen LogP) is 1.48. The smallest absolute Gasteiger partial charge is 0.337 e. The molecule has 32 heavy (non-hydrogen) atoms. The highest BCUT2D eigenvalue weighted by atomic mass is 35.5. The molecular formula is C20H17ClN2O8S. The zero-order valence-electron chi connectivity index (χ0n) is 16.5. The third kappa shape index (κ3) is 4.53. The van der Waals surface area contributed by atoms with Gasteiger partial charge in [-0.1, -0.05) is 11.6 Å². The van der Waals surface area contributed by atoms with Crippen molar-refractivity contribution in [1.29, 1.82) is 0 Å². The molecule has 1 heterocycles. The number of phenols is 1. The summed E-state index contributed by atoms with van der Waals surface area (Å²) in [6.45, 7) is -1.08. The van der Waals surface area contributed by atoms with Crippen molar-refractivity contribution in [2.24, 2.45) is 0 Å². The molecular weight excluding hydrogens is 464 g/mol. The fourth-order valence-electron chi connectivity index (χ4n) is 2.97. The first kappa shape index (κ1) is 23.1. The first-order valence-corrected chi connectivity index (χ1v) is 10.8. The van der Waals surface area contributed by atoms with E-state index >= 15 is 0 Å². The molecule has 2 aromatic rings. The van der Waals surface area contributed by atoms with Crippen molar-refractivity contribution >= 4 is 45.5 Å². The van der Waals surface area contributed by atoms with Gasteiger partial charge in [0.2, 0.25) is 5.91 Å². The van der Waals surface area contributed by atoms with Gasteiger partial charge in [-0.15, -0.1) is 0 Å². The molecule has 168 valence electrons. The van der Waals surface area contributed by atoms with Crippen molar-refractivity contribution < 1.29 is 37.8 Å². The number of carbonyl (C=O) groups is 3. The third-order valence-electron chi connectivity index (χ3n) is 4.56. The second kappa shape index (κ2) is 8.89. The van der Waals surface area contributed by atoms with Gasteiger partial charge in [-0.2, -0.15) is 0 Å². The number of hydrogen-bond acceptors (Lipinski definition) is 7. The number of aromatic carboxylic acids is 1. The van der Waals surface area contributed by atoms with Crippen molar-refractivity contribution in [2.75, 3.05) is 20.2 Å². The van der Waals surface area contributed by atoms with Gasteiger partial charge in [0.1, 0.15) is 18.0 Å². The van der Waals surface area contributed by atoms with Crippen molar-refractivity contribution in [1.82, 2.24) is 9.62 Å². The van der Waals surface area contributed by atoms with Crippen LogP contribution in [-0.2, 0) is 19.6 Å². The van der Waals surface area contributed by atoms with E-state index in [1.54, 1.807) is 0 Å². The molecule has 0 aromatic heterocycles. The molecule has 0 spiro atoms. The van der Waals surface area contributed by atoms with Crippen molar-refractivity contribution in [3.05, 3.63) is 58.1 Å². The second-order valence-electron chi connectivity index (χ2n) is 6.64. The Kier molecular flexibility index (Phi) is 6.42. The van der Waals surface area contributed by atoms with Crippen LogP contribution in [0.3, 0.4) is 0 Å². The largest absolute Gasteiger partial charge is 0.508 e. The summed E-state index contributed by atoms with van der Waals surface area (Å²) in [5.74, 6) is -3.00. The first-order valence-electron chi connectivity index (χ1n) is 8.98. The van der Waals surface area contributed by atoms with Crippen molar-refractivity contribution in [2.45, 2.75) is 4.90 Å². The SMILES string of the molecule is COc1ccc(O)cc1C=C1CNC(=O)CN(S(=O)(=O)c2ccc(Cl)c(C(=O)O)c2)C1=O. The molecule has 1 fully saturated rings. The number of hydrogen-bond donors (Lipinski definition) is 3. The number of aromatic hydroxyl groups is 1. The van der Waals surface area contributed by atoms with Crippen LogP contribution in [0.2, 0.25) is 5.02 Å². The Morgan fingerprint density at radius 2 is 1.94 bits per heavy atom. The van der Waals surface area contributed by atoms with E-state index in [1.165, 1.54) is 31.4 Å². The highest BCUT2D eigenvalue weighted by Crippen LogP contribution is 2.28. The lowest BCUT2D eigenvalue weighted by molar-refractivity contribution is -0.127. The number of ether oxygens (including phenoxy) is 1. The van der Waals surface area contributed by atoms with Gasteiger partial charge in [-0.05, 0) is 42.5 Å². The monoisotopic (exact) mass is 480 g/mol. The summed E-state index contributed by atoms with van der Waals surface area (Å²) in [7, 11) is -3.23. The number of nitrogens with zero attached hydrogens (tertiary/aromatic N) is 1. The zero-order chi connectivity index (χ0) is 23.6. The summed E-state index contributed by atoms with van der Waals surface area (Å²) in [6, 6.07) is 7.07. The molecule has 2 aromatic carbocycles. The fraction of sp³-hybridized carbons (Fsp3) is 0.150. The average Bonchev–Trinajstić information content (AvgIpc) is 2.87. The van der Waals surface area contributed by atoms with Crippen LogP contribution < -0.4 is 10.1 Å². The van der Waals surface area contributed by atoms with Gasteiger partial charge in [0, 0.05) is 17.7 Å². The lowest BCUT2D eigenvalue weighted by Crippen LogP contribution is -2.40. The molecule has 3 rings (SSSR count). The van der Waals surface area contributed by atoms with E-state index in [0.717, 1.165) is 18.2 Å². The molecule has 0 atom stereocenters. The summed E-state index contributed by atoms with van der Waals surface area (Å²) in [5.41, 5.74) is -0.292. The highest BCUT2D eigenvalue weighted by molar-refractivity contribution is 7.89. The Balaban J connectivity index is 2.09. The Hall–Kier alpha value is -3.57. The lowest BCUT2D eigenvalue weighted by Gasteiger charge is -2.20. The Bertz CT molecular complexity index is 1260. The van der Waals surface area contributed by atoms with Crippen LogP contribution in [0.25, 0.3) is 6.08 Å². The molecule has 0 unspecified atom stereocenters. The molecule has 3 N–H and O–H groups in total. The number of rotatable bonds is 5. The molecule has 1 aliphatic rings. The van der Waals surface area contributed by atoms with Crippen LogP contribution >= 0.6 is 11.6 Å². The normalized spacial score (nSPS) is 15.9. The van der Waals surface area contributed by atoms with Gasteiger partial charge in [-0.3, -0.25) is 9.59 Å². The summed E-state index contributed by atoms with van der Waals surface area (Å²) < 4.78 is 31.8. The minimum Gasteiger partial charge on any atom is -0.508 e. The molecule has 0 aliphatic carbocycles. The van der Waals surface area contributed by atoms with Gasteiger partial charge in [0.15, 0.2) is 0 Å². The minimum absolute atomic E-state index is 0.101. The molecule has 0 saturated carbocycles. The van der Waals surface area contributed by atoms with Crippen LogP contribution in [0.5, 0.6) is 11.5 Å². The van der Waals surface area contributed by atoms with Gasteiger partial charge < -0.3 is 20.3 Å². The topological polar surface area (TPSA) is 150 Å². The molecule has 12 heteroatoms. The van der Waals surface area contributed by atoms with E-state index in [9.17, 15) is 33.0 Å². The van der Waals surface area contributed by atoms with Crippen LogP contribution in [-0.4, -0.2) is 60.9 Å². The number of nitrogens with one attached hydrogen (secondary N) is 1. The number of phenolic OH excluding ortho intramolecular Hbond substituents is 1. The second-order valence-corrected chi connectivity index (χ2v) is 8.91. The van der Waals surface area contributed by atoms with Crippen LogP contribution in [0, 0.1) is 0 Å². The van der Waals surface area contributed by atoms with E-state index in [0.29, 0.717) is 10.1 Å². The van der Waals surface area contributed by atoms with Crippen LogP contribution in [0.15, 0.2) is 46.9 Å². The molecule has 0 radical (unpaired) electrons.